The van der Waals surface area contributed by atoms with E-state index in [1.54, 1.807) is 0 Å². The number of carbonyl (C=O) groups excluding carboxylic acids is 2. The van der Waals surface area contributed by atoms with Gasteiger partial charge in [0.25, 0.3) is 6.29 Å². The summed E-state index contributed by atoms with van der Waals surface area (Å²) in [5.41, 5.74) is 0.133. The normalized spacial score (nSPS) is 13.9. The van der Waals surface area contributed by atoms with Crippen molar-refractivity contribution in [2.75, 3.05) is 5.88 Å². The van der Waals surface area contributed by atoms with Crippen molar-refractivity contribution in [2.24, 2.45) is 0 Å². The van der Waals surface area contributed by atoms with Crippen molar-refractivity contribution in [3.8, 4) is 0 Å². The van der Waals surface area contributed by atoms with Crippen LogP contribution in [0, 0.1) is 0 Å². The number of alkyl halides is 1. The maximum Gasteiger partial charge on any atom is 0.336 e. The first-order valence-corrected chi connectivity index (χ1v) is 4.69. The second-order valence-electron chi connectivity index (χ2n) is 2.89. The number of aliphatic hydroxyl groups excluding tert-OH is 1. The van der Waals surface area contributed by atoms with Crippen LogP contribution in [0.25, 0.3) is 0 Å². The third-order valence-electron chi connectivity index (χ3n) is 1.33. The highest BCUT2D eigenvalue weighted by atomic mass is 35.5. The summed E-state index contributed by atoms with van der Waals surface area (Å²) in [4.78, 5) is 21.7. The van der Waals surface area contributed by atoms with E-state index in [1.165, 1.54) is 6.92 Å². The van der Waals surface area contributed by atoms with Crippen LogP contribution in [0.2, 0.25) is 0 Å². The topological polar surface area (TPSA) is 72.8 Å². The number of carbonyl (C=O) groups is 2. The lowest BCUT2D eigenvalue weighted by Crippen LogP contribution is -2.36. The minimum Gasteiger partial charge on any atom is -0.422 e. The van der Waals surface area contributed by atoms with Crippen LogP contribution >= 0.6 is 11.6 Å². The Balaban J connectivity index is 4.43. The van der Waals surface area contributed by atoms with Crippen molar-refractivity contribution < 1.29 is 24.2 Å². The van der Waals surface area contributed by atoms with Gasteiger partial charge in [0.2, 0.25) is 0 Å². The molecule has 0 rings (SSSR count). The predicted molar refractivity (Wildman–Crippen MR) is 53.2 cm³/mol. The number of halogens is 1. The molecule has 1 N–H and O–H groups in total. The average Bonchev–Trinajstić information content (AvgIpc) is 2.14. The molecule has 2 atom stereocenters. The number of ether oxygens (including phenoxy) is 2. The van der Waals surface area contributed by atoms with Crippen LogP contribution in [0.15, 0.2) is 12.2 Å². The van der Waals surface area contributed by atoms with Crippen molar-refractivity contribution in [3.05, 3.63) is 12.2 Å². The highest BCUT2D eigenvalue weighted by Crippen LogP contribution is 2.07. The van der Waals surface area contributed by atoms with Crippen molar-refractivity contribution in [2.45, 2.75) is 26.2 Å². The molecule has 0 saturated heterocycles. The fourth-order valence-corrected chi connectivity index (χ4v) is 0.769. The van der Waals surface area contributed by atoms with Gasteiger partial charge in [-0.25, -0.2) is 4.79 Å². The van der Waals surface area contributed by atoms with Crippen LogP contribution in [0.5, 0.6) is 0 Å². The number of hydrogen-bond donors (Lipinski definition) is 1. The van der Waals surface area contributed by atoms with Gasteiger partial charge in [-0.15, -0.1) is 11.6 Å². The first-order chi connectivity index (χ1) is 6.88. The summed E-state index contributed by atoms with van der Waals surface area (Å²) in [5.74, 6) is -1.66. The molecule has 6 heteroatoms. The molecule has 0 bridgehead atoms. The highest BCUT2D eigenvalue weighted by molar-refractivity contribution is 6.18. The number of rotatable bonds is 5. The van der Waals surface area contributed by atoms with E-state index < -0.39 is 24.3 Å². The Hall–Kier alpha value is -1.07. The zero-order valence-electron chi connectivity index (χ0n) is 8.53. The number of hydrogen-bond acceptors (Lipinski definition) is 5. The van der Waals surface area contributed by atoms with Gasteiger partial charge in [0, 0.05) is 12.5 Å². The Morgan fingerprint density at radius 3 is 2.27 bits per heavy atom. The van der Waals surface area contributed by atoms with Crippen LogP contribution in [0.3, 0.4) is 0 Å². The fourth-order valence-electron chi connectivity index (χ4n) is 0.624. The smallest absolute Gasteiger partial charge is 0.336 e. The second-order valence-corrected chi connectivity index (χ2v) is 3.19. The molecule has 0 aliphatic carbocycles. The summed E-state index contributed by atoms with van der Waals surface area (Å²) in [6.07, 6.45) is -2.66. The predicted octanol–water partition coefficient (Wildman–Crippen LogP) is 0.595. The van der Waals surface area contributed by atoms with Gasteiger partial charge in [-0.1, -0.05) is 6.58 Å². The molecule has 0 heterocycles. The van der Waals surface area contributed by atoms with Crippen LogP contribution in [-0.2, 0) is 19.1 Å². The molecule has 15 heavy (non-hydrogen) atoms. The van der Waals surface area contributed by atoms with E-state index in [0.717, 1.165) is 6.92 Å². The standard InChI is InChI=1S/C9H13ClO5/c1-5(2)8(13)15-9(7(12)4-10)14-6(3)11/h7,9,12H,1,4H2,2-3H3. The van der Waals surface area contributed by atoms with Crippen molar-refractivity contribution in [1.82, 2.24) is 0 Å². The van der Waals surface area contributed by atoms with E-state index in [2.05, 4.69) is 16.1 Å². The van der Waals surface area contributed by atoms with Crippen molar-refractivity contribution >= 4 is 23.5 Å². The molecule has 2 unspecified atom stereocenters. The van der Waals surface area contributed by atoms with E-state index in [1.807, 2.05) is 0 Å². The van der Waals surface area contributed by atoms with Crippen LogP contribution in [-0.4, -0.2) is 35.3 Å². The van der Waals surface area contributed by atoms with Gasteiger partial charge >= 0.3 is 11.9 Å². The molecule has 0 aromatic rings. The molecule has 0 aromatic carbocycles. The minimum absolute atomic E-state index is 0.133. The van der Waals surface area contributed by atoms with Gasteiger partial charge in [0.05, 0.1) is 5.88 Å². The molecule has 0 fully saturated rings. The SMILES string of the molecule is C=C(C)C(=O)OC(OC(C)=O)C(O)CCl. The van der Waals surface area contributed by atoms with Gasteiger partial charge < -0.3 is 14.6 Å². The Kier molecular flexibility index (Phi) is 5.96. The molecule has 0 amide bonds. The summed E-state index contributed by atoms with van der Waals surface area (Å²) in [7, 11) is 0. The van der Waals surface area contributed by atoms with E-state index in [9.17, 15) is 14.7 Å². The third-order valence-corrected chi connectivity index (χ3v) is 1.64. The first-order valence-electron chi connectivity index (χ1n) is 4.16. The highest BCUT2D eigenvalue weighted by Gasteiger charge is 2.25. The molecule has 0 aliphatic heterocycles. The molecule has 5 nitrogen and oxygen atoms in total. The first kappa shape index (κ1) is 13.9. The number of aliphatic hydroxyl groups is 1. The fraction of sp³-hybridized carbons (Fsp3) is 0.556. The minimum atomic E-state index is -1.40. The van der Waals surface area contributed by atoms with Gasteiger partial charge in [-0.3, -0.25) is 4.79 Å². The maximum atomic E-state index is 11.1. The van der Waals surface area contributed by atoms with E-state index in [0.29, 0.717) is 0 Å². The lowest BCUT2D eigenvalue weighted by Gasteiger charge is -2.20. The van der Waals surface area contributed by atoms with Gasteiger partial charge in [0.1, 0.15) is 6.10 Å². The summed E-state index contributed by atoms with van der Waals surface area (Å²) in [5, 5.41) is 9.28. The molecular formula is C9H13ClO5. The molecule has 0 aliphatic rings. The van der Waals surface area contributed by atoms with Gasteiger partial charge in [-0.05, 0) is 6.92 Å². The maximum absolute atomic E-state index is 11.1. The molecule has 0 radical (unpaired) electrons. The summed E-state index contributed by atoms with van der Waals surface area (Å²) in [6, 6.07) is 0. The monoisotopic (exact) mass is 236 g/mol. The average molecular weight is 237 g/mol. The van der Waals surface area contributed by atoms with Crippen LogP contribution in [0.4, 0.5) is 0 Å². The molecule has 86 valence electrons. The van der Waals surface area contributed by atoms with E-state index >= 15 is 0 Å². The molecular weight excluding hydrogens is 224 g/mol. The molecule has 0 saturated carbocycles. The zero-order valence-corrected chi connectivity index (χ0v) is 9.28. The summed E-state index contributed by atoms with van der Waals surface area (Å²) in [6.45, 7) is 5.90. The Labute approximate surface area is 92.6 Å². The number of esters is 2. The van der Waals surface area contributed by atoms with E-state index in [4.69, 9.17) is 11.6 Å². The lowest BCUT2D eigenvalue weighted by molar-refractivity contribution is -0.200. The van der Waals surface area contributed by atoms with E-state index in [-0.39, 0.29) is 11.5 Å². The van der Waals surface area contributed by atoms with Gasteiger partial charge in [-0.2, -0.15) is 0 Å². The zero-order chi connectivity index (χ0) is 12.0. The quantitative estimate of drug-likeness (QED) is 0.327. The van der Waals surface area contributed by atoms with Crippen LogP contribution in [0.1, 0.15) is 13.8 Å². The Morgan fingerprint density at radius 1 is 1.40 bits per heavy atom. The molecule has 0 spiro atoms. The second kappa shape index (κ2) is 6.42. The van der Waals surface area contributed by atoms with Gasteiger partial charge in [0.15, 0.2) is 0 Å². The Bertz CT molecular complexity index is 263. The lowest BCUT2D eigenvalue weighted by atomic mass is 10.3. The Morgan fingerprint density at radius 2 is 1.93 bits per heavy atom. The third kappa shape index (κ3) is 5.39. The van der Waals surface area contributed by atoms with Crippen molar-refractivity contribution in [3.63, 3.8) is 0 Å². The van der Waals surface area contributed by atoms with Crippen molar-refractivity contribution in [1.29, 1.82) is 0 Å². The largest absolute Gasteiger partial charge is 0.422 e. The van der Waals surface area contributed by atoms with Crippen LogP contribution < -0.4 is 0 Å². The summed E-state index contributed by atoms with van der Waals surface area (Å²) >= 11 is 5.34. The summed E-state index contributed by atoms with van der Waals surface area (Å²) < 4.78 is 9.23. The molecule has 0 aromatic heterocycles.